The first-order valence-electron chi connectivity index (χ1n) is 10.8. The van der Waals surface area contributed by atoms with Crippen LogP contribution in [0.4, 0.5) is 17.3 Å². The Hall–Kier alpha value is -2.76. The molecule has 1 aromatic heterocycles. The molecule has 11 heteroatoms. The number of amides is 1. The van der Waals surface area contributed by atoms with Crippen molar-refractivity contribution in [2.75, 3.05) is 56.5 Å². The molecule has 0 bridgehead atoms. The molecule has 0 radical (unpaired) electrons. The summed E-state index contributed by atoms with van der Waals surface area (Å²) in [5.74, 6) is 0.265. The number of nitrogens with two attached hydrogens (primary N) is 1. The van der Waals surface area contributed by atoms with Crippen LogP contribution >= 0.6 is 0 Å². The molecule has 3 N–H and O–H groups in total. The Morgan fingerprint density at radius 2 is 1.66 bits per heavy atom. The maximum Gasteiger partial charge on any atom is 0.271 e. The number of piperazine rings is 1. The van der Waals surface area contributed by atoms with E-state index >= 15 is 0 Å². The van der Waals surface area contributed by atoms with Crippen molar-refractivity contribution in [1.29, 1.82) is 0 Å². The van der Waals surface area contributed by atoms with E-state index in [1.165, 1.54) is 10.7 Å². The van der Waals surface area contributed by atoms with Crippen LogP contribution in [0, 0.1) is 0 Å². The summed E-state index contributed by atoms with van der Waals surface area (Å²) in [6, 6.07) is 6.43. The topological polar surface area (TPSA) is 125 Å². The Balaban J connectivity index is 1.54. The maximum atomic E-state index is 12.9. The van der Waals surface area contributed by atoms with Crippen LogP contribution in [0.15, 0.2) is 35.4 Å². The quantitative estimate of drug-likeness (QED) is 0.661. The molecular weight excluding hydrogens is 430 g/mol. The molecule has 4 rings (SSSR count). The van der Waals surface area contributed by atoms with E-state index < -0.39 is 15.9 Å². The van der Waals surface area contributed by atoms with Gasteiger partial charge in [-0.1, -0.05) is 0 Å². The fourth-order valence-corrected chi connectivity index (χ4v) is 5.37. The smallest absolute Gasteiger partial charge is 0.271 e. The SMILES string of the molecule is CN1CCN(S(=O)(=O)c2ccc(Nc3nc(N4CCCCC4)cnc3C(N)=O)cc2)CC1. The maximum absolute atomic E-state index is 12.9. The van der Waals surface area contributed by atoms with Crippen molar-refractivity contribution in [3.8, 4) is 0 Å². The van der Waals surface area contributed by atoms with Crippen molar-refractivity contribution in [2.24, 2.45) is 5.73 Å². The van der Waals surface area contributed by atoms with E-state index in [1.54, 1.807) is 30.5 Å². The van der Waals surface area contributed by atoms with Crippen molar-refractivity contribution < 1.29 is 13.2 Å². The number of carbonyl (C=O) groups excluding carboxylic acids is 1. The summed E-state index contributed by atoms with van der Waals surface area (Å²) in [6.07, 6.45) is 4.94. The van der Waals surface area contributed by atoms with E-state index in [-0.39, 0.29) is 16.4 Å². The van der Waals surface area contributed by atoms with Gasteiger partial charge in [-0.2, -0.15) is 4.31 Å². The second kappa shape index (κ2) is 9.39. The lowest BCUT2D eigenvalue weighted by Crippen LogP contribution is -2.46. The summed E-state index contributed by atoms with van der Waals surface area (Å²) < 4.78 is 27.4. The first-order valence-corrected chi connectivity index (χ1v) is 12.3. The fraction of sp³-hybridized carbons (Fsp3) is 0.476. The van der Waals surface area contributed by atoms with Gasteiger partial charge in [0.15, 0.2) is 11.5 Å². The first kappa shape index (κ1) is 22.4. The van der Waals surface area contributed by atoms with Crippen molar-refractivity contribution in [3.63, 3.8) is 0 Å². The molecule has 1 aromatic carbocycles. The Labute approximate surface area is 188 Å². The van der Waals surface area contributed by atoms with Crippen molar-refractivity contribution >= 4 is 33.3 Å². The van der Waals surface area contributed by atoms with E-state index in [1.807, 2.05) is 7.05 Å². The zero-order valence-electron chi connectivity index (χ0n) is 18.2. The number of rotatable bonds is 6. The van der Waals surface area contributed by atoms with Crippen molar-refractivity contribution in [1.82, 2.24) is 19.2 Å². The average Bonchev–Trinajstić information content (AvgIpc) is 2.80. The number of piperidine rings is 1. The van der Waals surface area contributed by atoms with Gasteiger partial charge in [-0.3, -0.25) is 4.79 Å². The number of nitrogens with one attached hydrogen (secondary N) is 1. The van der Waals surface area contributed by atoms with Gasteiger partial charge in [0.1, 0.15) is 5.82 Å². The Morgan fingerprint density at radius 3 is 2.28 bits per heavy atom. The highest BCUT2D eigenvalue weighted by Crippen LogP contribution is 2.25. The van der Waals surface area contributed by atoms with Gasteiger partial charge in [0, 0.05) is 45.0 Å². The van der Waals surface area contributed by atoms with Gasteiger partial charge in [0.05, 0.1) is 11.1 Å². The monoisotopic (exact) mass is 459 g/mol. The minimum absolute atomic E-state index is 0.0416. The third-order valence-electron chi connectivity index (χ3n) is 5.89. The number of sulfonamides is 1. The molecule has 0 saturated carbocycles. The molecule has 0 aliphatic carbocycles. The number of hydrogen-bond acceptors (Lipinski definition) is 8. The second-order valence-electron chi connectivity index (χ2n) is 8.19. The number of aromatic nitrogens is 2. The lowest BCUT2D eigenvalue weighted by Gasteiger charge is -2.31. The standard InChI is InChI=1S/C21H29N7O3S/c1-26-11-13-28(14-12-26)32(30,31)17-7-5-16(6-8-17)24-21-19(20(22)29)23-15-18(25-21)27-9-3-2-4-10-27/h5-8,15H,2-4,9-14H2,1H3,(H2,22,29)(H,24,25). The highest BCUT2D eigenvalue weighted by Gasteiger charge is 2.27. The predicted octanol–water partition coefficient (Wildman–Crippen LogP) is 1.25. The molecule has 2 aromatic rings. The number of hydrogen-bond donors (Lipinski definition) is 2. The van der Waals surface area contributed by atoms with Gasteiger partial charge in [0.25, 0.3) is 5.91 Å². The Bertz CT molecular complexity index is 1060. The third-order valence-corrected chi connectivity index (χ3v) is 7.80. The molecule has 2 aliphatic heterocycles. The summed E-state index contributed by atoms with van der Waals surface area (Å²) in [7, 11) is -1.57. The highest BCUT2D eigenvalue weighted by atomic mass is 32.2. The van der Waals surface area contributed by atoms with Crippen LogP contribution in [0.25, 0.3) is 0 Å². The van der Waals surface area contributed by atoms with Crippen LogP contribution in [0.3, 0.4) is 0 Å². The number of anilines is 3. The van der Waals surface area contributed by atoms with Crippen molar-refractivity contribution in [2.45, 2.75) is 24.2 Å². The van der Waals surface area contributed by atoms with Crippen LogP contribution in [0.5, 0.6) is 0 Å². The van der Waals surface area contributed by atoms with E-state index in [0.29, 0.717) is 37.7 Å². The number of nitrogens with zero attached hydrogens (tertiary/aromatic N) is 5. The summed E-state index contributed by atoms with van der Waals surface area (Å²) in [5.41, 5.74) is 6.12. The molecule has 0 spiro atoms. The largest absolute Gasteiger partial charge is 0.364 e. The zero-order valence-corrected chi connectivity index (χ0v) is 19.0. The number of primary amides is 1. The highest BCUT2D eigenvalue weighted by molar-refractivity contribution is 7.89. The zero-order chi connectivity index (χ0) is 22.7. The van der Waals surface area contributed by atoms with Crippen LogP contribution in [0.2, 0.25) is 0 Å². The van der Waals surface area contributed by atoms with E-state index in [2.05, 4.69) is 25.1 Å². The van der Waals surface area contributed by atoms with Crippen LogP contribution < -0.4 is 16.0 Å². The average molecular weight is 460 g/mol. The molecular formula is C21H29N7O3S. The molecule has 2 saturated heterocycles. The summed E-state index contributed by atoms with van der Waals surface area (Å²) >= 11 is 0. The van der Waals surface area contributed by atoms with E-state index in [4.69, 9.17) is 5.73 Å². The van der Waals surface area contributed by atoms with Crippen LogP contribution in [0.1, 0.15) is 29.8 Å². The third kappa shape index (κ3) is 4.84. The molecule has 1 amide bonds. The first-order chi connectivity index (χ1) is 15.3. The van der Waals surface area contributed by atoms with E-state index in [9.17, 15) is 13.2 Å². The van der Waals surface area contributed by atoms with Crippen LogP contribution in [-0.2, 0) is 10.0 Å². The van der Waals surface area contributed by atoms with Crippen molar-refractivity contribution in [3.05, 3.63) is 36.2 Å². The lowest BCUT2D eigenvalue weighted by atomic mass is 10.1. The number of carbonyl (C=O) groups is 1. The molecule has 3 heterocycles. The van der Waals surface area contributed by atoms with Gasteiger partial charge < -0.3 is 20.9 Å². The minimum atomic E-state index is -3.55. The molecule has 2 fully saturated rings. The normalized spacial score (nSPS) is 18.5. The molecule has 172 valence electrons. The molecule has 10 nitrogen and oxygen atoms in total. The van der Waals surface area contributed by atoms with Gasteiger partial charge in [-0.25, -0.2) is 18.4 Å². The van der Waals surface area contributed by atoms with Gasteiger partial charge in [0.2, 0.25) is 10.0 Å². The molecule has 0 unspecified atom stereocenters. The summed E-state index contributed by atoms with van der Waals surface area (Å²) in [5, 5.41) is 3.08. The molecule has 32 heavy (non-hydrogen) atoms. The van der Waals surface area contributed by atoms with E-state index in [0.717, 1.165) is 25.9 Å². The van der Waals surface area contributed by atoms with Gasteiger partial charge >= 0.3 is 0 Å². The number of benzene rings is 1. The molecule has 2 aliphatic rings. The second-order valence-corrected chi connectivity index (χ2v) is 10.1. The van der Waals surface area contributed by atoms with Gasteiger partial charge in [-0.15, -0.1) is 0 Å². The lowest BCUT2D eigenvalue weighted by molar-refractivity contribution is 0.0996. The number of likely N-dealkylation sites (N-methyl/N-ethyl adjacent to an activating group) is 1. The minimum Gasteiger partial charge on any atom is -0.364 e. The van der Waals surface area contributed by atoms with Gasteiger partial charge in [-0.05, 0) is 50.6 Å². The summed E-state index contributed by atoms with van der Waals surface area (Å²) in [4.78, 5) is 25.1. The predicted molar refractivity (Wildman–Crippen MR) is 123 cm³/mol. The van der Waals surface area contributed by atoms with Crippen LogP contribution in [-0.4, -0.2) is 79.8 Å². The Kier molecular flexibility index (Phi) is 6.58. The Morgan fingerprint density at radius 1 is 1.00 bits per heavy atom. The fourth-order valence-electron chi connectivity index (χ4n) is 3.95. The molecule has 0 atom stereocenters. The summed E-state index contributed by atoms with van der Waals surface area (Å²) in [6.45, 7) is 4.15.